The number of hydrogen-bond acceptors (Lipinski definition) is 3. The van der Waals surface area contributed by atoms with Crippen LogP contribution >= 0.6 is 0 Å². The molecule has 1 amide bonds. The maximum Gasteiger partial charge on any atom is 0.270 e. The lowest BCUT2D eigenvalue weighted by molar-refractivity contribution is 0.0922. The van der Waals surface area contributed by atoms with Crippen molar-refractivity contribution >= 4 is 5.91 Å². The average Bonchev–Trinajstić information content (AvgIpc) is 2.42. The first-order valence-electron chi connectivity index (χ1n) is 6.40. The number of carbonyl (C=O) groups is 1. The van der Waals surface area contributed by atoms with Crippen LogP contribution in [-0.2, 0) is 4.74 Å². The first-order chi connectivity index (χ1) is 8.77. The molecule has 0 radical (unpaired) electrons. The van der Waals surface area contributed by atoms with Gasteiger partial charge in [-0.15, -0.1) is 0 Å². The molecule has 2 rings (SSSR count). The number of nitrogens with zero attached hydrogens (tertiary/aromatic N) is 1. The molecule has 1 aliphatic rings. The van der Waals surface area contributed by atoms with Crippen molar-refractivity contribution in [2.24, 2.45) is 0 Å². The average molecular weight is 250 g/mol. The maximum absolute atomic E-state index is 11.7. The van der Waals surface area contributed by atoms with Crippen LogP contribution in [0.1, 0.15) is 42.6 Å². The summed E-state index contributed by atoms with van der Waals surface area (Å²) in [6.07, 6.45) is 7.63. The van der Waals surface area contributed by atoms with Gasteiger partial charge < -0.3 is 10.1 Å². The largest absolute Gasteiger partial charge is 0.388 e. The molecular weight excluding hydrogens is 228 g/mol. The molecule has 1 N–H and O–H groups in total. The highest BCUT2D eigenvalue weighted by atomic mass is 16.4. The van der Waals surface area contributed by atoms with Crippen molar-refractivity contribution in [1.82, 2.24) is 10.3 Å². The zero-order chi connectivity index (χ0) is 13.2. The van der Waals surface area contributed by atoms with Gasteiger partial charge >= 0.3 is 0 Å². The van der Waals surface area contributed by atoms with Gasteiger partial charge in [0.15, 0.2) is 0 Å². The highest BCUT2D eigenvalue weighted by Crippen LogP contribution is 2.17. The van der Waals surface area contributed by atoms with Crippen molar-refractivity contribution in [3.8, 4) is 0 Å². The predicted molar refractivity (Wildman–Crippen MR) is 71.5 cm³/mol. The van der Waals surface area contributed by atoms with E-state index in [0.29, 0.717) is 11.7 Å². The molecule has 0 aromatic carbocycles. The molecule has 1 aromatic rings. The van der Waals surface area contributed by atoms with Crippen LogP contribution in [0.5, 0.6) is 0 Å². The molecule has 1 aliphatic carbocycles. The molecule has 0 spiro atoms. The summed E-state index contributed by atoms with van der Waals surface area (Å²) in [5.74, 6) is -0.0394. The van der Waals surface area contributed by atoms with Gasteiger partial charge in [-0.2, -0.15) is 0 Å². The monoisotopic (exact) mass is 250 g/mol. The van der Waals surface area contributed by atoms with Crippen molar-refractivity contribution in [3.63, 3.8) is 0 Å². The van der Waals surface area contributed by atoms with E-state index in [4.69, 9.17) is 0 Å². The number of methoxy groups -OCH3 is 1. The van der Waals surface area contributed by atoms with Gasteiger partial charge in [0.25, 0.3) is 5.91 Å². The maximum atomic E-state index is 11.7. The third-order valence-corrected chi connectivity index (χ3v) is 2.84. The van der Waals surface area contributed by atoms with E-state index in [2.05, 4.69) is 15.0 Å². The predicted octanol–water partition coefficient (Wildman–Crippen LogP) is 2.41. The van der Waals surface area contributed by atoms with E-state index >= 15 is 0 Å². The highest BCUT2D eigenvalue weighted by molar-refractivity contribution is 5.92. The second-order valence-electron chi connectivity index (χ2n) is 4.43. The Balaban J connectivity index is 0.000000492. The molecule has 100 valence electrons. The first-order valence-corrected chi connectivity index (χ1v) is 6.40. The molecule has 4 heteroatoms. The number of amides is 1. The Morgan fingerprint density at radius 2 is 1.94 bits per heavy atom. The lowest BCUT2D eigenvalue weighted by Gasteiger charge is -2.22. The lowest BCUT2D eigenvalue weighted by atomic mass is 9.95. The number of aromatic nitrogens is 1. The Morgan fingerprint density at radius 3 is 2.50 bits per heavy atom. The summed E-state index contributed by atoms with van der Waals surface area (Å²) in [5.41, 5.74) is 0.517. The molecule has 0 unspecified atom stereocenters. The van der Waals surface area contributed by atoms with E-state index in [1.165, 1.54) is 19.3 Å². The fourth-order valence-corrected chi connectivity index (χ4v) is 2.00. The zero-order valence-electron chi connectivity index (χ0n) is 11.2. The lowest BCUT2D eigenvalue weighted by Crippen LogP contribution is -2.36. The van der Waals surface area contributed by atoms with Crippen LogP contribution in [0, 0.1) is 0 Å². The van der Waals surface area contributed by atoms with Crippen LogP contribution in [0.15, 0.2) is 24.4 Å². The molecule has 0 atom stereocenters. The highest BCUT2D eigenvalue weighted by Gasteiger charge is 2.16. The minimum Gasteiger partial charge on any atom is -0.388 e. The summed E-state index contributed by atoms with van der Waals surface area (Å²) in [7, 11) is 3.25. The van der Waals surface area contributed by atoms with E-state index in [1.54, 1.807) is 26.5 Å². The third kappa shape index (κ3) is 5.27. The van der Waals surface area contributed by atoms with Crippen LogP contribution in [0.2, 0.25) is 0 Å². The fourth-order valence-electron chi connectivity index (χ4n) is 2.00. The van der Waals surface area contributed by atoms with Crippen LogP contribution < -0.4 is 5.32 Å². The van der Waals surface area contributed by atoms with Gasteiger partial charge in [0.05, 0.1) is 0 Å². The number of hydrogen-bond donors (Lipinski definition) is 1. The normalized spacial score (nSPS) is 15.4. The summed E-state index contributed by atoms with van der Waals surface area (Å²) in [5, 5.41) is 3.03. The van der Waals surface area contributed by atoms with E-state index in [9.17, 15) is 4.79 Å². The number of nitrogens with one attached hydrogen (secondary N) is 1. The van der Waals surface area contributed by atoms with E-state index in [-0.39, 0.29) is 5.91 Å². The Kier molecular flexibility index (Phi) is 7.03. The fraction of sp³-hybridized carbons (Fsp3) is 0.571. The Hall–Kier alpha value is -1.42. The van der Waals surface area contributed by atoms with Gasteiger partial charge in [-0.05, 0) is 25.0 Å². The molecule has 1 fully saturated rings. The van der Waals surface area contributed by atoms with Crippen molar-refractivity contribution in [2.45, 2.75) is 38.1 Å². The second kappa shape index (κ2) is 8.64. The van der Waals surface area contributed by atoms with Gasteiger partial charge in [0.2, 0.25) is 0 Å². The SMILES string of the molecule is COC.O=C(NC1CCCCC1)c1ccccn1. The number of ether oxygens (including phenoxy) is 1. The summed E-state index contributed by atoms with van der Waals surface area (Å²) < 4.78 is 4.25. The third-order valence-electron chi connectivity index (χ3n) is 2.84. The van der Waals surface area contributed by atoms with Crippen LogP contribution in [0.4, 0.5) is 0 Å². The van der Waals surface area contributed by atoms with E-state index < -0.39 is 0 Å². The van der Waals surface area contributed by atoms with Crippen LogP contribution in [0.25, 0.3) is 0 Å². The standard InChI is InChI=1S/C12H16N2O.C2H6O/c15-12(11-8-4-5-9-13-11)14-10-6-2-1-3-7-10;1-3-2/h4-5,8-10H,1-3,6-7H2,(H,14,15);1-2H3. The molecule has 1 aromatic heterocycles. The Labute approximate surface area is 109 Å². The Morgan fingerprint density at radius 1 is 1.28 bits per heavy atom. The molecule has 0 saturated heterocycles. The van der Waals surface area contributed by atoms with Crippen molar-refractivity contribution in [2.75, 3.05) is 14.2 Å². The topological polar surface area (TPSA) is 51.2 Å². The molecule has 0 bridgehead atoms. The molecule has 0 aliphatic heterocycles. The first kappa shape index (κ1) is 14.6. The van der Waals surface area contributed by atoms with Crippen LogP contribution in [-0.4, -0.2) is 31.2 Å². The summed E-state index contributed by atoms with van der Waals surface area (Å²) in [6, 6.07) is 5.76. The minimum absolute atomic E-state index is 0.0394. The quantitative estimate of drug-likeness (QED) is 0.877. The second-order valence-corrected chi connectivity index (χ2v) is 4.43. The molecule has 4 nitrogen and oxygen atoms in total. The van der Waals surface area contributed by atoms with Crippen molar-refractivity contribution < 1.29 is 9.53 Å². The van der Waals surface area contributed by atoms with Crippen molar-refractivity contribution in [1.29, 1.82) is 0 Å². The van der Waals surface area contributed by atoms with Gasteiger partial charge in [-0.3, -0.25) is 9.78 Å². The van der Waals surface area contributed by atoms with Gasteiger partial charge in [-0.1, -0.05) is 25.3 Å². The van der Waals surface area contributed by atoms with Gasteiger partial charge in [0, 0.05) is 26.5 Å². The number of pyridine rings is 1. The molecule has 18 heavy (non-hydrogen) atoms. The van der Waals surface area contributed by atoms with Gasteiger partial charge in [0.1, 0.15) is 5.69 Å². The molecule has 1 heterocycles. The minimum atomic E-state index is -0.0394. The number of carbonyl (C=O) groups excluding carboxylic acids is 1. The van der Waals surface area contributed by atoms with Crippen LogP contribution in [0.3, 0.4) is 0 Å². The van der Waals surface area contributed by atoms with Crippen molar-refractivity contribution in [3.05, 3.63) is 30.1 Å². The van der Waals surface area contributed by atoms with E-state index in [1.807, 2.05) is 12.1 Å². The summed E-state index contributed by atoms with van der Waals surface area (Å²) >= 11 is 0. The van der Waals surface area contributed by atoms with E-state index in [0.717, 1.165) is 12.8 Å². The molecule has 1 saturated carbocycles. The summed E-state index contributed by atoms with van der Waals surface area (Å²) in [6.45, 7) is 0. The molecular formula is C14H22N2O2. The van der Waals surface area contributed by atoms with Gasteiger partial charge in [-0.25, -0.2) is 0 Å². The zero-order valence-corrected chi connectivity index (χ0v) is 11.2. The number of rotatable bonds is 2. The smallest absolute Gasteiger partial charge is 0.270 e. The Bertz CT molecular complexity index is 335. The summed E-state index contributed by atoms with van der Waals surface area (Å²) in [4.78, 5) is 15.8.